The van der Waals surface area contributed by atoms with Gasteiger partial charge in [0, 0.05) is 31.5 Å². The van der Waals surface area contributed by atoms with Crippen LogP contribution in [-0.4, -0.2) is 34.8 Å². The quantitative estimate of drug-likeness (QED) is 0.622. The van der Waals surface area contributed by atoms with Crippen LogP contribution in [0.3, 0.4) is 0 Å². The molecule has 6 nitrogen and oxygen atoms in total. The summed E-state index contributed by atoms with van der Waals surface area (Å²) in [5.74, 6) is 1.01. The van der Waals surface area contributed by atoms with Crippen LogP contribution in [0, 0.1) is 6.92 Å². The highest BCUT2D eigenvalue weighted by atomic mass is 16.4. The number of anilines is 1. The average Bonchev–Trinajstić information content (AvgIpc) is 3.28. The van der Waals surface area contributed by atoms with Gasteiger partial charge in [-0.25, -0.2) is 4.98 Å². The van der Waals surface area contributed by atoms with Gasteiger partial charge in [0.2, 0.25) is 5.91 Å². The fraction of sp³-hybridized carbons (Fsp3) is 0.320. The van der Waals surface area contributed by atoms with Crippen molar-refractivity contribution in [3.63, 3.8) is 0 Å². The molecule has 2 amide bonds. The number of oxazole rings is 1. The minimum absolute atomic E-state index is 0.0222. The Kier molecular flexibility index (Phi) is 6.46. The number of aryl methyl sites for hydroxylation is 2. The molecule has 2 heterocycles. The summed E-state index contributed by atoms with van der Waals surface area (Å²) in [6.45, 7) is 3.58. The molecule has 1 saturated heterocycles. The molecule has 1 N–H and O–H groups in total. The van der Waals surface area contributed by atoms with E-state index >= 15 is 0 Å². The first-order valence-corrected chi connectivity index (χ1v) is 10.8. The van der Waals surface area contributed by atoms with Crippen molar-refractivity contribution in [1.82, 2.24) is 9.88 Å². The zero-order valence-electron chi connectivity index (χ0n) is 17.8. The van der Waals surface area contributed by atoms with E-state index in [-0.39, 0.29) is 18.2 Å². The molecule has 0 atom stereocenters. The number of para-hydroxylation sites is 1. The Bertz CT molecular complexity index is 1050. The second kappa shape index (κ2) is 9.60. The molecule has 0 saturated carbocycles. The number of hydrogen-bond acceptors (Lipinski definition) is 4. The lowest BCUT2D eigenvalue weighted by Gasteiger charge is -2.27. The first kappa shape index (κ1) is 20.8. The van der Waals surface area contributed by atoms with Gasteiger partial charge in [0.1, 0.15) is 0 Å². The summed E-state index contributed by atoms with van der Waals surface area (Å²) in [5, 5.41) is 2.89. The monoisotopic (exact) mass is 417 g/mol. The van der Waals surface area contributed by atoms with Crippen LogP contribution in [-0.2, 0) is 11.2 Å². The summed E-state index contributed by atoms with van der Waals surface area (Å²) in [6, 6.07) is 15.2. The van der Waals surface area contributed by atoms with Gasteiger partial charge in [0.15, 0.2) is 11.7 Å². The van der Waals surface area contributed by atoms with Gasteiger partial charge in [-0.1, -0.05) is 42.0 Å². The fourth-order valence-electron chi connectivity index (χ4n) is 3.76. The highest BCUT2D eigenvalue weighted by molar-refractivity contribution is 6.03. The van der Waals surface area contributed by atoms with Crippen molar-refractivity contribution < 1.29 is 14.0 Å². The van der Waals surface area contributed by atoms with E-state index in [1.54, 1.807) is 18.3 Å². The summed E-state index contributed by atoms with van der Waals surface area (Å²) >= 11 is 0. The molecular formula is C25H27N3O3. The summed E-state index contributed by atoms with van der Waals surface area (Å²) in [7, 11) is 0. The van der Waals surface area contributed by atoms with Crippen LogP contribution in [0.15, 0.2) is 59.1 Å². The smallest absolute Gasteiger partial charge is 0.255 e. The van der Waals surface area contributed by atoms with Crippen LogP contribution in [0.2, 0.25) is 0 Å². The predicted octanol–water partition coefficient (Wildman–Crippen LogP) is 4.85. The van der Waals surface area contributed by atoms with E-state index in [1.165, 1.54) is 5.56 Å². The molecule has 1 aliphatic heterocycles. The highest BCUT2D eigenvalue weighted by Gasteiger charge is 2.21. The van der Waals surface area contributed by atoms with Crippen molar-refractivity contribution >= 4 is 17.5 Å². The van der Waals surface area contributed by atoms with Crippen LogP contribution in [0.25, 0.3) is 11.3 Å². The van der Waals surface area contributed by atoms with Crippen molar-refractivity contribution in [2.75, 3.05) is 18.4 Å². The fourth-order valence-corrected chi connectivity index (χ4v) is 3.76. The van der Waals surface area contributed by atoms with Gasteiger partial charge in [-0.05, 0) is 38.3 Å². The topological polar surface area (TPSA) is 75.4 Å². The largest absolute Gasteiger partial charge is 0.441 e. The number of carbonyl (C=O) groups excluding carboxylic acids is 2. The Hall–Kier alpha value is -3.41. The number of carbonyl (C=O) groups is 2. The molecule has 0 unspecified atom stereocenters. The van der Waals surface area contributed by atoms with Crippen LogP contribution < -0.4 is 5.32 Å². The third kappa shape index (κ3) is 5.20. The van der Waals surface area contributed by atoms with Gasteiger partial charge in [0.25, 0.3) is 5.91 Å². The molecule has 31 heavy (non-hydrogen) atoms. The second-order valence-electron chi connectivity index (χ2n) is 7.93. The normalized spacial score (nSPS) is 13.8. The number of likely N-dealkylation sites (tertiary alicyclic amines) is 1. The Morgan fingerprint density at radius 3 is 2.55 bits per heavy atom. The molecule has 3 aromatic rings. The SMILES string of the molecule is Cc1ccc(-c2cnc(CCC(=O)Nc3ccccc3C(=O)N3CCCCC3)o2)cc1. The van der Waals surface area contributed by atoms with Gasteiger partial charge in [-0.2, -0.15) is 0 Å². The van der Waals surface area contributed by atoms with E-state index in [0.717, 1.165) is 37.9 Å². The molecule has 4 rings (SSSR count). The van der Waals surface area contributed by atoms with Crippen molar-refractivity contribution in [3.05, 3.63) is 71.7 Å². The van der Waals surface area contributed by atoms with Crippen LogP contribution in [0.1, 0.15) is 47.5 Å². The van der Waals surface area contributed by atoms with Gasteiger partial charge in [0.05, 0.1) is 17.4 Å². The van der Waals surface area contributed by atoms with Gasteiger partial charge < -0.3 is 14.6 Å². The number of nitrogens with one attached hydrogen (secondary N) is 1. The third-order valence-electron chi connectivity index (χ3n) is 5.53. The maximum atomic E-state index is 12.9. The van der Waals surface area contributed by atoms with E-state index < -0.39 is 0 Å². The van der Waals surface area contributed by atoms with Crippen molar-refractivity contribution in [2.24, 2.45) is 0 Å². The minimum atomic E-state index is -0.172. The first-order chi connectivity index (χ1) is 15.1. The molecule has 0 bridgehead atoms. The molecular weight excluding hydrogens is 390 g/mol. The maximum Gasteiger partial charge on any atom is 0.255 e. The zero-order chi connectivity index (χ0) is 21.6. The number of piperidine rings is 1. The molecule has 0 radical (unpaired) electrons. The lowest BCUT2D eigenvalue weighted by Crippen LogP contribution is -2.36. The van der Waals surface area contributed by atoms with Crippen LogP contribution >= 0.6 is 0 Å². The summed E-state index contributed by atoms with van der Waals surface area (Å²) in [4.78, 5) is 31.6. The number of hydrogen-bond donors (Lipinski definition) is 1. The first-order valence-electron chi connectivity index (χ1n) is 10.8. The third-order valence-corrected chi connectivity index (χ3v) is 5.53. The standard InChI is InChI=1S/C25H27N3O3/c1-18-9-11-19(12-10-18)22-17-26-24(31-22)14-13-23(29)27-21-8-4-3-7-20(21)25(30)28-15-5-2-6-16-28/h3-4,7-12,17H,2,5-6,13-16H2,1H3,(H,27,29). The number of amides is 2. The van der Waals surface area contributed by atoms with E-state index in [1.807, 2.05) is 48.2 Å². The van der Waals surface area contributed by atoms with Crippen molar-refractivity contribution in [2.45, 2.75) is 39.0 Å². The van der Waals surface area contributed by atoms with Gasteiger partial charge >= 0.3 is 0 Å². The van der Waals surface area contributed by atoms with E-state index in [0.29, 0.717) is 29.3 Å². The van der Waals surface area contributed by atoms with E-state index in [9.17, 15) is 9.59 Å². The van der Waals surface area contributed by atoms with Crippen LogP contribution in [0.4, 0.5) is 5.69 Å². The molecule has 1 fully saturated rings. The summed E-state index contributed by atoms with van der Waals surface area (Å²) < 4.78 is 5.80. The molecule has 0 spiro atoms. The van der Waals surface area contributed by atoms with E-state index in [2.05, 4.69) is 10.3 Å². The summed E-state index contributed by atoms with van der Waals surface area (Å²) in [5.41, 5.74) is 3.23. The molecule has 160 valence electrons. The molecule has 2 aromatic carbocycles. The predicted molar refractivity (Wildman–Crippen MR) is 120 cm³/mol. The Morgan fingerprint density at radius 1 is 1.03 bits per heavy atom. The number of benzene rings is 2. The lowest BCUT2D eigenvalue weighted by atomic mass is 10.1. The number of nitrogens with zero attached hydrogens (tertiary/aromatic N) is 2. The highest BCUT2D eigenvalue weighted by Crippen LogP contribution is 2.22. The Balaban J connectivity index is 1.36. The molecule has 6 heteroatoms. The second-order valence-corrected chi connectivity index (χ2v) is 7.93. The van der Waals surface area contributed by atoms with Crippen molar-refractivity contribution in [1.29, 1.82) is 0 Å². The summed E-state index contributed by atoms with van der Waals surface area (Å²) in [6.07, 6.45) is 5.51. The number of aromatic nitrogens is 1. The molecule has 0 aliphatic carbocycles. The maximum absolute atomic E-state index is 12.9. The zero-order valence-corrected chi connectivity index (χ0v) is 17.8. The van der Waals surface area contributed by atoms with Gasteiger partial charge in [-0.15, -0.1) is 0 Å². The Labute approximate surface area is 182 Å². The van der Waals surface area contributed by atoms with E-state index in [4.69, 9.17) is 4.42 Å². The Morgan fingerprint density at radius 2 is 1.77 bits per heavy atom. The van der Waals surface area contributed by atoms with Crippen molar-refractivity contribution in [3.8, 4) is 11.3 Å². The molecule has 1 aromatic heterocycles. The average molecular weight is 418 g/mol. The number of rotatable bonds is 6. The lowest BCUT2D eigenvalue weighted by molar-refractivity contribution is -0.116. The van der Waals surface area contributed by atoms with Crippen LogP contribution in [0.5, 0.6) is 0 Å². The minimum Gasteiger partial charge on any atom is -0.441 e. The van der Waals surface area contributed by atoms with Gasteiger partial charge in [-0.3, -0.25) is 9.59 Å². The molecule has 1 aliphatic rings.